The molecule has 0 radical (unpaired) electrons. The first-order valence-electron chi connectivity index (χ1n) is 6.09. The van der Waals surface area contributed by atoms with E-state index in [9.17, 15) is 4.79 Å². The van der Waals surface area contributed by atoms with Crippen molar-refractivity contribution in [3.8, 4) is 0 Å². The number of rotatable bonds is 5. The van der Waals surface area contributed by atoms with Crippen molar-refractivity contribution in [2.75, 3.05) is 13.1 Å². The van der Waals surface area contributed by atoms with Crippen LogP contribution in [0.2, 0.25) is 0 Å². The third-order valence-corrected chi connectivity index (χ3v) is 3.18. The zero-order valence-electron chi connectivity index (χ0n) is 9.58. The first-order chi connectivity index (χ1) is 7.84. The number of nitrogens with one attached hydrogen (secondary N) is 1. The molecule has 1 saturated heterocycles. The second-order valence-corrected chi connectivity index (χ2v) is 4.55. The van der Waals surface area contributed by atoms with Crippen LogP contribution in [0.25, 0.3) is 0 Å². The van der Waals surface area contributed by atoms with Gasteiger partial charge in [-0.05, 0) is 50.4 Å². The third kappa shape index (κ3) is 3.49. The van der Waals surface area contributed by atoms with Gasteiger partial charge in [-0.2, -0.15) is 0 Å². The van der Waals surface area contributed by atoms with Gasteiger partial charge in [0.2, 0.25) is 0 Å². The number of hydrogen-bond acceptors (Lipinski definition) is 3. The summed E-state index contributed by atoms with van der Waals surface area (Å²) in [5.41, 5.74) is 0. The Labute approximate surface area is 96.2 Å². The summed E-state index contributed by atoms with van der Waals surface area (Å²) < 4.78 is 5.16. The summed E-state index contributed by atoms with van der Waals surface area (Å²) in [5, 5.41) is 3.37. The molecule has 0 saturated carbocycles. The first kappa shape index (κ1) is 11.4. The third-order valence-electron chi connectivity index (χ3n) is 3.18. The van der Waals surface area contributed by atoms with Gasteiger partial charge in [-0.25, -0.2) is 0 Å². The van der Waals surface area contributed by atoms with Crippen molar-refractivity contribution < 1.29 is 9.21 Å². The fraction of sp³-hybridized carbons (Fsp3) is 0.615. The van der Waals surface area contributed by atoms with Crippen molar-refractivity contribution in [1.82, 2.24) is 5.32 Å². The van der Waals surface area contributed by atoms with Crippen LogP contribution in [-0.4, -0.2) is 18.9 Å². The highest BCUT2D eigenvalue weighted by atomic mass is 16.3. The fourth-order valence-corrected chi connectivity index (χ4v) is 2.23. The van der Waals surface area contributed by atoms with Crippen LogP contribution in [-0.2, 0) is 11.2 Å². The van der Waals surface area contributed by atoms with E-state index < -0.39 is 0 Å². The summed E-state index contributed by atoms with van der Waals surface area (Å²) in [7, 11) is 0. The van der Waals surface area contributed by atoms with E-state index in [-0.39, 0.29) is 0 Å². The molecule has 2 rings (SSSR count). The average molecular weight is 221 g/mol. The van der Waals surface area contributed by atoms with Crippen molar-refractivity contribution in [3.63, 3.8) is 0 Å². The van der Waals surface area contributed by atoms with E-state index in [1.54, 1.807) is 6.26 Å². The van der Waals surface area contributed by atoms with Gasteiger partial charge in [0.25, 0.3) is 0 Å². The van der Waals surface area contributed by atoms with Crippen LogP contribution >= 0.6 is 0 Å². The molecular formula is C13H19NO2. The summed E-state index contributed by atoms with van der Waals surface area (Å²) in [6.45, 7) is 2.21. The van der Waals surface area contributed by atoms with Crippen LogP contribution < -0.4 is 5.32 Å². The lowest BCUT2D eigenvalue weighted by Crippen LogP contribution is -2.30. The molecular weight excluding hydrogens is 202 g/mol. The molecule has 2 heterocycles. The monoisotopic (exact) mass is 221 g/mol. The van der Waals surface area contributed by atoms with Crippen molar-refractivity contribution in [2.45, 2.75) is 32.1 Å². The lowest BCUT2D eigenvalue weighted by atomic mass is 9.93. The maximum Gasteiger partial charge on any atom is 0.140 e. The van der Waals surface area contributed by atoms with E-state index in [0.29, 0.717) is 24.5 Å². The van der Waals surface area contributed by atoms with Crippen molar-refractivity contribution in [3.05, 3.63) is 24.2 Å². The van der Waals surface area contributed by atoms with Crippen molar-refractivity contribution in [1.29, 1.82) is 0 Å². The van der Waals surface area contributed by atoms with Gasteiger partial charge < -0.3 is 9.73 Å². The Hall–Kier alpha value is -1.09. The molecule has 1 unspecified atom stereocenters. The summed E-state index contributed by atoms with van der Waals surface area (Å²) in [5.74, 6) is 1.77. The van der Waals surface area contributed by atoms with Gasteiger partial charge >= 0.3 is 0 Å². The zero-order valence-corrected chi connectivity index (χ0v) is 9.58. The van der Waals surface area contributed by atoms with Gasteiger partial charge in [-0.3, -0.25) is 4.79 Å². The Morgan fingerprint density at radius 2 is 2.50 bits per heavy atom. The molecule has 0 aliphatic carbocycles. The quantitative estimate of drug-likeness (QED) is 0.828. The summed E-state index contributed by atoms with van der Waals surface area (Å²) in [6, 6.07) is 3.69. The molecule has 3 nitrogen and oxygen atoms in total. The second kappa shape index (κ2) is 5.85. The summed E-state index contributed by atoms with van der Waals surface area (Å²) in [6.07, 6.45) is 6.29. The average Bonchev–Trinajstić information content (AvgIpc) is 2.81. The fourth-order valence-electron chi connectivity index (χ4n) is 2.23. The molecule has 3 heteroatoms. The molecule has 1 aromatic rings. The molecule has 0 amide bonds. The molecule has 1 N–H and O–H groups in total. The number of carbonyl (C=O) groups is 1. The van der Waals surface area contributed by atoms with Crippen molar-refractivity contribution in [2.24, 2.45) is 5.92 Å². The predicted molar refractivity (Wildman–Crippen MR) is 62.2 cm³/mol. The van der Waals surface area contributed by atoms with Crippen molar-refractivity contribution >= 4 is 5.78 Å². The van der Waals surface area contributed by atoms with Crippen LogP contribution in [0, 0.1) is 5.92 Å². The number of Topliss-reactive ketones (excluding diaryl/α,β-unsaturated/α-hetero) is 1. The molecule has 1 fully saturated rings. The summed E-state index contributed by atoms with van der Waals surface area (Å²) in [4.78, 5) is 11.7. The first-order valence-corrected chi connectivity index (χ1v) is 6.09. The number of furan rings is 1. The maximum atomic E-state index is 11.7. The topological polar surface area (TPSA) is 42.2 Å². The molecule has 1 aliphatic rings. The standard InChI is InChI=1S/C13H19NO2/c15-12(9-13-4-2-8-16-13)6-5-11-3-1-7-14-10-11/h2,4,8,11,14H,1,3,5-7,9-10H2. The van der Waals surface area contributed by atoms with Gasteiger partial charge in [0.05, 0.1) is 12.7 Å². The molecule has 0 bridgehead atoms. The number of ketones is 1. The van der Waals surface area contributed by atoms with Gasteiger partial charge in [0.1, 0.15) is 11.5 Å². The molecule has 0 spiro atoms. The Morgan fingerprint density at radius 3 is 3.19 bits per heavy atom. The second-order valence-electron chi connectivity index (χ2n) is 4.55. The van der Waals surface area contributed by atoms with Crippen LogP contribution in [0.15, 0.2) is 22.8 Å². The van der Waals surface area contributed by atoms with Gasteiger partial charge in [-0.1, -0.05) is 0 Å². The maximum absolute atomic E-state index is 11.7. The molecule has 88 valence electrons. The Bertz CT molecular complexity index is 313. The largest absolute Gasteiger partial charge is 0.469 e. The van der Waals surface area contributed by atoms with E-state index in [2.05, 4.69) is 5.32 Å². The van der Waals surface area contributed by atoms with E-state index in [1.165, 1.54) is 12.8 Å². The number of carbonyl (C=O) groups excluding carboxylic acids is 1. The minimum Gasteiger partial charge on any atom is -0.469 e. The molecule has 0 aromatic carbocycles. The highest BCUT2D eigenvalue weighted by molar-refractivity contribution is 5.80. The number of hydrogen-bond donors (Lipinski definition) is 1. The predicted octanol–water partition coefficient (Wildman–Crippen LogP) is 2.17. The highest BCUT2D eigenvalue weighted by Crippen LogP contribution is 2.16. The minimum absolute atomic E-state index is 0.292. The smallest absolute Gasteiger partial charge is 0.140 e. The van der Waals surface area contributed by atoms with Crippen LogP contribution in [0.3, 0.4) is 0 Å². The molecule has 16 heavy (non-hydrogen) atoms. The van der Waals surface area contributed by atoms with E-state index >= 15 is 0 Å². The lowest BCUT2D eigenvalue weighted by molar-refractivity contribution is -0.119. The molecule has 1 atom stereocenters. The minimum atomic E-state index is 0.292. The zero-order chi connectivity index (χ0) is 11.2. The SMILES string of the molecule is O=C(CCC1CCCNC1)Cc1ccco1. The Morgan fingerprint density at radius 1 is 1.56 bits per heavy atom. The van der Waals surface area contributed by atoms with E-state index in [0.717, 1.165) is 25.3 Å². The highest BCUT2D eigenvalue weighted by Gasteiger charge is 2.14. The van der Waals surface area contributed by atoms with Crippen LogP contribution in [0.1, 0.15) is 31.4 Å². The number of piperidine rings is 1. The van der Waals surface area contributed by atoms with E-state index in [1.807, 2.05) is 12.1 Å². The molecule has 1 aromatic heterocycles. The van der Waals surface area contributed by atoms with Gasteiger partial charge in [0, 0.05) is 6.42 Å². The summed E-state index contributed by atoms with van der Waals surface area (Å²) >= 11 is 0. The Kier molecular flexibility index (Phi) is 4.17. The Balaban J connectivity index is 1.67. The van der Waals surface area contributed by atoms with Crippen LogP contribution in [0.5, 0.6) is 0 Å². The van der Waals surface area contributed by atoms with E-state index in [4.69, 9.17) is 4.42 Å². The molecule has 1 aliphatic heterocycles. The van der Waals surface area contributed by atoms with Gasteiger partial charge in [-0.15, -0.1) is 0 Å². The van der Waals surface area contributed by atoms with Gasteiger partial charge in [0.15, 0.2) is 0 Å². The lowest BCUT2D eigenvalue weighted by Gasteiger charge is -2.22. The normalized spacial score (nSPS) is 20.9. The van der Waals surface area contributed by atoms with Crippen LogP contribution in [0.4, 0.5) is 0 Å².